The highest BCUT2D eigenvalue weighted by Gasteiger charge is 2.18. The molecule has 2 aromatic rings. The number of methoxy groups -OCH3 is 3. The first-order chi connectivity index (χ1) is 12.0. The Hall–Kier alpha value is -3.00. The van der Waals surface area contributed by atoms with Gasteiger partial charge in [-0.3, -0.25) is 0 Å². The van der Waals surface area contributed by atoms with Gasteiger partial charge in [-0.25, -0.2) is 9.78 Å². The van der Waals surface area contributed by atoms with Crippen molar-refractivity contribution in [2.45, 2.75) is 6.10 Å². The van der Waals surface area contributed by atoms with E-state index in [0.29, 0.717) is 11.4 Å². The number of rotatable bonds is 7. The number of aromatic nitrogens is 1. The largest absolute Gasteiger partial charge is 0.502 e. The average Bonchev–Trinajstić information content (AvgIpc) is 2.66. The first-order valence-corrected chi connectivity index (χ1v) is 7.30. The van der Waals surface area contributed by atoms with Gasteiger partial charge in [-0.1, -0.05) is 0 Å². The molecule has 0 bridgehead atoms. The maximum atomic E-state index is 11.7. The first-order valence-electron chi connectivity index (χ1n) is 7.30. The number of carbonyl (C=O) groups excluding carboxylic acids is 1. The van der Waals surface area contributed by atoms with Crippen LogP contribution in [0.25, 0.3) is 0 Å². The van der Waals surface area contributed by atoms with E-state index in [-0.39, 0.29) is 29.4 Å². The summed E-state index contributed by atoms with van der Waals surface area (Å²) in [5.74, 6) is -0.429. The molecule has 1 atom stereocenters. The number of aliphatic hydroxyl groups is 1. The van der Waals surface area contributed by atoms with Crippen LogP contribution in [0.1, 0.15) is 22.0 Å². The van der Waals surface area contributed by atoms with Crippen molar-refractivity contribution < 1.29 is 34.0 Å². The molecule has 2 rings (SSSR count). The normalized spacial score (nSPS) is 11.5. The average molecular weight is 349 g/mol. The predicted molar refractivity (Wildman–Crippen MR) is 87.2 cm³/mol. The highest BCUT2D eigenvalue weighted by atomic mass is 16.5. The van der Waals surface area contributed by atoms with E-state index in [1.807, 2.05) is 0 Å². The Labute approximate surface area is 144 Å². The number of carbonyl (C=O) groups is 1. The van der Waals surface area contributed by atoms with Gasteiger partial charge in [-0.15, -0.1) is 0 Å². The maximum absolute atomic E-state index is 11.7. The van der Waals surface area contributed by atoms with E-state index in [4.69, 9.17) is 14.2 Å². The molecule has 25 heavy (non-hydrogen) atoms. The monoisotopic (exact) mass is 349 g/mol. The van der Waals surface area contributed by atoms with E-state index in [9.17, 15) is 15.0 Å². The Balaban J connectivity index is 2.16. The molecular formula is C17H19NO7. The molecule has 1 aromatic heterocycles. The minimum Gasteiger partial charge on any atom is -0.502 e. The summed E-state index contributed by atoms with van der Waals surface area (Å²) < 4.78 is 20.1. The lowest BCUT2D eigenvalue weighted by Gasteiger charge is -2.15. The van der Waals surface area contributed by atoms with Gasteiger partial charge in [0.2, 0.25) is 11.6 Å². The molecule has 134 valence electrons. The number of pyridine rings is 1. The summed E-state index contributed by atoms with van der Waals surface area (Å²) in [6.07, 6.45) is 0.462. The summed E-state index contributed by atoms with van der Waals surface area (Å²) >= 11 is 0. The quantitative estimate of drug-likeness (QED) is 0.728. The van der Waals surface area contributed by atoms with Gasteiger partial charge in [0.15, 0.2) is 11.5 Å². The number of nitrogens with zero attached hydrogens (tertiary/aromatic N) is 1. The van der Waals surface area contributed by atoms with Crippen LogP contribution in [0.15, 0.2) is 30.5 Å². The second-order valence-electron chi connectivity index (χ2n) is 4.98. The van der Waals surface area contributed by atoms with Gasteiger partial charge in [-0.2, -0.15) is 0 Å². The highest BCUT2D eigenvalue weighted by molar-refractivity contribution is 5.91. The van der Waals surface area contributed by atoms with Crippen molar-refractivity contribution >= 4 is 5.97 Å². The van der Waals surface area contributed by atoms with Crippen molar-refractivity contribution in [1.82, 2.24) is 4.98 Å². The Bertz CT molecular complexity index is 731. The fourth-order valence-corrected chi connectivity index (χ4v) is 2.06. The Morgan fingerprint density at radius 3 is 2.44 bits per heavy atom. The van der Waals surface area contributed by atoms with Gasteiger partial charge in [0, 0.05) is 17.8 Å². The summed E-state index contributed by atoms with van der Waals surface area (Å²) in [5.41, 5.74) is 0.657. The van der Waals surface area contributed by atoms with E-state index in [2.05, 4.69) is 9.72 Å². The van der Waals surface area contributed by atoms with E-state index < -0.39 is 12.1 Å². The molecule has 8 nitrogen and oxygen atoms in total. The van der Waals surface area contributed by atoms with Gasteiger partial charge in [0.25, 0.3) is 0 Å². The third-order valence-electron chi connectivity index (χ3n) is 3.43. The smallest absolute Gasteiger partial charge is 0.338 e. The molecule has 1 aromatic carbocycles. The van der Waals surface area contributed by atoms with Crippen LogP contribution in [0.2, 0.25) is 0 Å². The number of hydrogen-bond acceptors (Lipinski definition) is 8. The molecule has 0 spiro atoms. The zero-order valence-corrected chi connectivity index (χ0v) is 14.1. The summed E-state index contributed by atoms with van der Waals surface area (Å²) in [7, 11) is 4.08. The van der Waals surface area contributed by atoms with Gasteiger partial charge >= 0.3 is 5.97 Å². The Morgan fingerprint density at radius 2 is 1.88 bits per heavy atom. The number of aromatic hydroxyl groups is 1. The maximum Gasteiger partial charge on any atom is 0.338 e. The van der Waals surface area contributed by atoms with E-state index >= 15 is 0 Å². The Morgan fingerprint density at radius 1 is 1.16 bits per heavy atom. The molecule has 0 saturated carbocycles. The molecule has 8 heteroatoms. The van der Waals surface area contributed by atoms with Gasteiger partial charge in [0.05, 0.1) is 26.9 Å². The highest BCUT2D eigenvalue weighted by Crippen LogP contribution is 2.38. The summed E-state index contributed by atoms with van der Waals surface area (Å²) in [6.45, 7) is -0.171. The molecule has 0 aliphatic heterocycles. The molecule has 2 N–H and O–H groups in total. The second kappa shape index (κ2) is 8.20. The number of phenols is 1. The fourth-order valence-electron chi connectivity index (χ4n) is 2.06. The summed E-state index contributed by atoms with van der Waals surface area (Å²) in [4.78, 5) is 15.7. The van der Waals surface area contributed by atoms with Crippen molar-refractivity contribution in [3.05, 3.63) is 41.6 Å². The SMILES string of the molecule is COC(=O)c1cc(OC)c(O)c(OCC(O)c2ccc(OC)nc2)c1. The van der Waals surface area contributed by atoms with Crippen LogP contribution in [0.3, 0.4) is 0 Å². The number of ether oxygens (including phenoxy) is 4. The van der Waals surface area contributed by atoms with E-state index in [0.717, 1.165) is 0 Å². The summed E-state index contributed by atoms with van der Waals surface area (Å²) in [5, 5.41) is 20.3. The molecule has 0 amide bonds. The fraction of sp³-hybridized carbons (Fsp3) is 0.294. The van der Waals surface area contributed by atoms with Crippen LogP contribution in [0.4, 0.5) is 0 Å². The number of hydrogen-bond donors (Lipinski definition) is 2. The minimum absolute atomic E-state index is 0.0136. The van der Waals surface area contributed by atoms with Crippen molar-refractivity contribution in [1.29, 1.82) is 0 Å². The lowest BCUT2D eigenvalue weighted by Crippen LogP contribution is -2.11. The number of phenolic OH excluding ortho intramolecular Hbond substituents is 1. The van der Waals surface area contributed by atoms with Gasteiger partial charge < -0.3 is 29.2 Å². The molecular weight excluding hydrogens is 330 g/mol. The van der Waals surface area contributed by atoms with Gasteiger partial charge in [0.1, 0.15) is 12.7 Å². The number of esters is 1. The Kier molecular flexibility index (Phi) is 6.02. The topological polar surface area (TPSA) is 107 Å². The molecule has 1 heterocycles. The molecule has 1 unspecified atom stereocenters. The van der Waals surface area contributed by atoms with Crippen LogP contribution in [0, 0.1) is 0 Å². The van der Waals surface area contributed by atoms with E-state index in [1.54, 1.807) is 12.1 Å². The molecule has 0 aliphatic carbocycles. The van der Waals surface area contributed by atoms with Crippen LogP contribution in [0.5, 0.6) is 23.1 Å². The van der Waals surface area contributed by atoms with Crippen molar-refractivity contribution in [2.24, 2.45) is 0 Å². The second-order valence-corrected chi connectivity index (χ2v) is 4.98. The molecule has 0 aliphatic rings. The van der Waals surface area contributed by atoms with Crippen LogP contribution in [-0.4, -0.2) is 49.1 Å². The standard InChI is InChI=1S/C17H19NO7/c1-22-13-6-11(17(21)24-3)7-14(16(13)20)25-9-12(19)10-4-5-15(23-2)18-8-10/h4-8,12,19-20H,9H2,1-3H3. The van der Waals surface area contributed by atoms with Crippen molar-refractivity contribution in [3.63, 3.8) is 0 Å². The van der Waals surface area contributed by atoms with E-state index in [1.165, 1.54) is 39.7 Å². The summed E-state index contributed by atoms with van der Waals surface area (Å²) in [6, 6.07) is 5.89. The van der Waals surface area contributed by atoms with Crippen LogP contribution in [-0.2, 0) is 4.74 Å². The number of aliphatic hydroxyl groups excluding tert-OH is 1. The zero-order valence-electron chi connectivity index (χ0n) is 14.1. The van der Waals surface area contributed by atoms with Crippen LogP contribution >= 0.6 is 0 Å². The third-order valence-corrected chi connectivity index (χ3v) is 3.43. The van der Waals surface area contributed by atoms with Crippen molar-refractivity contribution in [3.8, 4) is 23.1 Å². The predicted octanol–water partition coefficient (Wildman–Crippen LogP) is 1.70. The first kappa shape index (κ1) is 18.3. The molecule has 0 saturated heterocycles. The zero-order chi connectivity index (χ0) is 18.4. The molecule has 0 radical (unpaired) electrons. The third kappa shape index (κ3) is 4.30. The lowest BCUT2D eigenvalue weighted by molar-refractivity contribution is 0.0599. The number of benzene rings is 1. The minimum atomic E-state index is -0.995. The van der Waals surface area contributed by atoms with Gasteiger partial charge in [-0.05, 0) is 18.2 Å². The molecule has 0 fully saturated rings. The van der Waals surface area contributed by atoms with Crippen LogP contribution < -0.4 is 14.2 Å². The van der Waals surface area contributed by atoms with Crippen molar-refractivity contribution in [2.75, 3.05) is 27.9 Å². The lowest BCUT2D eigenvalue weighted by atomic mass is 10.1.